The van der Waals surface area contributed by atoms with E-state index in [-0.39, 0.29) is 16.9 Å². The monoisotopic (exact) mass is 300 g/mol. The molecule has 8 nitrogen and oxygen atoms in total. The maximum absolute atomic E-state index is 11.9. The van der Waals surface area contributed by atoms with Crippen molar-refractivity contribution in [2.75, 3.05) is 24.0 Å². The van der Waals surface area contributed by atoms with Gasteiger partial charge in [-0.1, -0.05) is 6.07 Å². The Bertz CT molecular complexity index is 535. The van der Waals surface area contributed by atoms with Crippen molar-refractivity contribution in [3.63, 3.8) is 0 Å². The van der Waals surface area contributed by atoms with Crippen molar-refractivity contribution in [3.8, 4) is 0 Å². The first-order chi connectivity index (χ1) is 9.47. The molecule has 0 spiro atoms. The number of nitrogen functional groups attached to an aromatic ring is 1. The molecule has 0 bridgehead atoms. The molecule has 1 rings (SSSR count). The second-order valence-corrected chi connectivity index (χ2v) is 5.54. The summed E-state index contributed by atoms with van der Waals surface area (Å²) in [4.78, 5) is 22.2. The average Bonchev–Trinajstić information content (AvgIpc) is 2.42. The van der Waals surface area contributed by atoms with Crippen LogP contribution < -0.4 is 16.6 Å². The van der Waals surface area contributed by atoms with Gasteiger partial charge in [-0.25, -0.2) is 0 Å². The van der Waals surface area contributed by atoms with Crippen LogP contribution in [0.4, 0.5) is 11.4 Å². The molecule has 0 saturated heterocycles. The molecule has 0 aliphatic carbocycles. The number of nitrogens with one attached hydrogen (secondary N) is 2. The average molecular weight is 300 g/mol. The maximum atomic E-state index is 11.9. The van der Waals surface area contributed by atoms with Crippen molar-refractivity contribution in [2.24, 2.45) is 5.84 Å². The molecule has 1 unspecified atom stereocenters. The molecular formula is C11H16N4O4S. The standard InChI is InChI=1S/C11H16N4O4S/c1-20(19)7-3-6-13-11(16)8-4-2-5-9(15(17)18)10(8)14-12/h2,4-5,14H,3,6-7,12H2,1H3,(H,13,16). The Morgan fingerprint density at radius 2 is 2.20 bits per heavy atom. The first kappa shape index (κ1) is 16.1. The predicted molar refractivity (Wildman–Crippen MR) is 76.8 cm³/mol. The molecule has 1 aromatic carbocycles. The van der Waals surface area contributed by atoms with Gasteiger partial charge in [0.05, 0.1) is 10.5 Å². The van der Waals surface area contributed by atoms with E-state index in [1.807, 2.05) is 0 Å². The van der Waals surface area contributed by atoms with Crippen molar-refractivity contribution in [3.05, 3.63) is 33.9 Å². The van der Waals surface area contributed by atoms with E-state index in [0.717, 1.165) is 0 Å². The molecule has 0 aliphatic rings. The van der Waals surface area contributed by atoms with Crippen molar-refractivity contribution in [1.82, 2.24) is 5.32 Å². The van der Waals surface area contributed by atoms with Gasteiger partial charge in [-0.3, -0.25) is 25.0 Å². The van der Waals surface area contributed by atoms with Crippen LogP contribution in [0.25, 0.3) is 0 Å². The molecule has 9 heteroatoms. The molecule has 0 fully saturated rings. The van der Waals surface area contributed by atoms with Gasteiger partial charge in [0.2, 0.25) is 0 Å². The molecule has 0 heterocycles. The third-order valence-corrected chi connectivity index (χ3v) is 3.39. The normalized spacial score (nSPS) is 11.7. The third kappa shape index (κ3) is 4.28. The molecule has 20 heavy (non-hydrogen) atoms. The summed E-state index contributed by atoms with van der Waals surface area (Å²) >= 11 is 0. The summed E-state index contributed by atoms with van der Waals surface area (Å²) < 4.78 is 10.9. The van der Waals surface area contributed by atoms with Crippen molar-refractivity contribution >= 4 is 28.1 Å². The van der Waals surface area contributed by atoms with Crippen LogP contribution in [0, 0.1) is 10.1 Å². The minimum absolute atomic E-state index is 0.0333. The number of rotatable bonds is 7. The van der Waals surface area contributed by atoms with E-state index < -0.39 is 21.6 Å². The zero-order valence-corrected chi connectivity index (χ0v) is 11.7. The SMILES string of the molecule is CS(=O)CCCNC(=O)c1cccc([N+](=O)[O-])c1NN. The molecule has 0 radical (unpaired) electrons. The highest BCUT2D eigenvalue weighted by Gasteiger charge is 2.20. The fraction of sp³-hybridized carbons (Fsp3) is 0.364. The Balaban J connectivity index is 2.80. The maximum Gasteiger partial charge on any atom is 0.294 e. The summed E-state index contributed by atoms with van der Waals surface area (Å²) in [6, 6.07) is 4.11. The van der Waals surface area contributed by atoms with E-state index in [0.29, 0.717) is 18.7 Å². The second kappa shape index (κ2) is 7.56. The van der Waals surface area contributed by atoms with Gasteiger partial charge in [0.25, 0.3) is 11.6 Å². The summed E-state index contributed by atoms with van der Waals surface area (Å²) in [5.74, 6) is 5.26. The molecule has 0 saturated carbocycles. The Labute approximate surface area is 118 Å². The number of hydrazine groups is 1. The van der Waals surface area contributed by atoms with Crippen LogP contribution in [0.2, 0.25) is 0 Å². The Morgan fingerprint density at radius 3 is 2.75 bits per heavy atom. The smallest absolute Gasteiger partial charge is 0.294 e. The second-order valence-electron chi connectivity index (χ2n) is 3.99. The number of nitro benzene ring substituents is 1. The number of nitrogens with zero attached hydrogens (tertiary/aromatic N) is 1. The Kier molecular flexibility index (Phi) is 6.07. The highest BCUT2D eigenvalue weighted by atomic mass is 32.2. The molecule has 1 atom stereocenters. The van der Waals surface area contributed by atoms with Gasteiger partial charge in [0, 0.05) is 35.4 Å². The van der Waals surface area contributed by atoms with Crippen molar-refractivity contribution < 1.29 is 13.9 Å². The number of carbonyl (C=O) groups is 1. The van der Waals surface area contributed by atoms with Gasteiger partial charge >= 0.3 is 0 Å². The Morgan fingerprint density at radius 1 is 1.50 bits per heavy atom. The molecular weight excluding hydrogens is 284 g/mol. The minimum Gasteiger partial charge on any atom is -0.352 e. The number of amides is 1. The van der Waals surface area contributed by atoms with Gasteiger partial charge in [-0.15, -0.1) is 0 Å². The number of nitrogens with two attached hydrogens (primary N) is 1. The molecule has 110 valence electrons. The zero-order valence-electron chi connectivity index (χ0n) is 10.9. The topological polar surface area (TPSA) is 127 Å². The van der Waals surface area contributed by atoms with Gasteiger partial charge in [-0.05, 0) is 12.5 Å². The Hall–Kier alpha value is -2.00. The number of hydrogen-bond acceptors (Lipinski definition) is 6. The van der Waals surface area contributed by atoms with E-state index in [9.17, 15) is 19.1 Å². The van der Waals surface area contributed by atoms with Crippen LogP contribution in [-0.4, -0.2) is 33.6 Å². The van der Waals surface area contributed by atoms with Gasteiger partial charge in [0.1, 0.15) is 5.69 Å². The lowest BCUT2D eigenvalue weighted by Gasteiger charge is -2.09. The molecule has 0 aromatic heterocycles. The summed E-state index contributed by atoms with van der Waals surface area (Å²) in [5.41, 5.74) is 1.98. The quantitative estimate of drug-likeness (QED) is 0.289. The van der Waals surface area contributed by atoms with Crippen molar-refractivity contribution in [1.29, 1.82) is 0 Å². The lowest BCUT2D eigenvalue weighted by Crippen LogP contribution is -2.27. The largest absolute Gasteiger partial charge is 0.352 e. The summed E-state index contributed by atoms with van der Waals surface area (Å²) in [7, 11) is -0.914. The van der Waals surface area contributed by atoms with Crippen LogP contribution in [0.15, 0.2) is 18.2 Å². The highest BCUT2D eigenvalue weighted by Crippen LogP contribution is 2.27. The van der Waals surface area contributed by atoms with E-state index >= 15 is 0 Å². The van der Waals surface area contributed by atoms with E-state index in [2.05, 4.69) is 10.7 Å². The number of carbonyl (C=O) groups excluding carboxylic acids is 1. The van der Waals surface area contributed by atoms with Gasteiger partial charge < -0.3 is 10.7 Å². The van der Waals surface area contributed by atoms with Gasteiger partial charge in [0.15, 0.2) is 0 Å². The van der Waals surface area contributed by atoms with Crippen LogP contribution in [0.5, 0.6) is 0 Å². The highest BCUT2D eigenvalue weighted by molar-refractivity contribution is 7.84. The van der Waals surface area contributed by atoms with Gasteiger partial charge in [-0.2, -0.15) is 0 Å². The first-order valence-corrected chi connectivity index (χ1v) is 7.52. The summed E-state index contributed by atoms with van der Waals surface area (Å²) in [6.45, 7) is 0.338. The third-order valence-electron chi connectivity index (χ3n) is 2.52. The fourth-order valence-corrected chi connectivity index (χ4v) is 2.16. The van der Waals surface area contributed by atoms with Crippen LogP contribution in [-0.2, 0) is 10.8 Å². The predicted octanol–water partition coefficient (Wildman–Crippen LogP) is 0.379. The van der Waals surface area contributed by atoms with E-state index in [1.54, 1.807) is 6.26 Å². The number of anilines is 1. The zero-order chi connectivity index (χ0) is 15.1. The molecule has 4 N–H and O–H groups in total. The number of benzene rings is 1. The minimum atomic E-state index is -0.914. The van der Waals surface area contributed by atoms with E-state index in [4.69, 9.17) is 5.84 Å². The van der Waals surface area contributed by atoms with Crippen molar-refractivity contribution in [2.45, 2.75) is 6.42 Å². The van der Waals surface area contributed by atoms with Crippen LogP contribution >= 0.6 is 0 Å². The van der Waals surface area contributed by atoms with Crippen LogP contribution in [0.1, 0.15) is 16.8 Å². The molecule has 1 aromatic rings. The molecule has 0 aliphatic heterocycles. The number of para-hydroxylation sites is 1. The number of nitro groups is 1. The lowest BCUT2D eigenvalue weighted by molar-refractivity contribution is -0.384. The fourth-order valence-electron chi connectivity index (χ4n) is 1.61. The molecule has 1 amide bonds. The number of hydrogen-bond donors (Lipinski definition) is 3. The van der Waals surface area contributed by atoms with E-state index in [1.165, 1.54) is 18.2 Å². The lowest BCUT2D eigenvalue weighted by atomic mass is 10.1. The summed E-state index contributed by atoms with van der Waals surface area (Å²) in [5, 5.41) is 13.4. The summed E-state index contributed by atoms with van der Waals surface area (Å²) in [6.07, 6.45) is 2.15. The first-order valence-electron chi connectivity index (χ1n) is 5.79. The van der Waals surface area contributed by atoms with Crippen LogP contribution in [0.3, 0.4) is 0 Å².